The Labute approximate surface area is 315 Å². The fraction of sp³-hybridized carbons (Fsp3) is 0.0566. The third kappa shape index (κ3) is 4.58. The van der Waals surface area contributed by atoms with Gasteiger partial charge in [0.2, 0.25) is 0 Å². The quantitative estimate of drug-likeness (QED) is 0.174. The Morgan fingerprint density at radius 3 is 1.39 bits per heavy atom. The van der Waals surface area contributed by atoms with Gasteiger partial charge in [0.15, 0.2) is 0 Å². The molecular weight excluding hydrogens is 651 g/mol. The molecule has 254 valence electrons. The summed E-state index contributed by atoms with van der Waals surface area (Å²) in [4.78, 5) is 0. The molecule has 1 heteroatoms. The molecule has 0 atom stereocenters. The fourth-order valence-corrected chi connectivity index (χ4v) is 9.21. The number of benzene rings is 9. The zero-order valence-corrected chi connectivity index (χ0v) is 30.3. The molecule has 0 radical (unpaired) electrons. The van der Waals surface area contributed by atoms with Gasteiger partial charge >= 0.3 is 0 Å². The molecule has 0 aliphatic carbocycles. The van der Waals surface area contributed by atoms with E-state index < -0.39 is 0 Å². The first kappa shape index (κ1) is 30.9. The number of fused-ring (bicyclic) bond motifs is 7. The van der Waals surface area contributed by atoms with Gasteiger partial charge in [0.05, 0.1) is 16.7 Å². The van der Waals surface area contributed by atoms with Crippen molar-refractivity contribution in [2.45, 2.75) is 19.3 Å². The van der Waals surface area contributed by atoms with Gasteiger partial charge in [-0.3, -0.25) is 0 Å². The topological polar surface area (TPSA) is 4.93 Å². The maximum Gasteiger partial charge on any atom is 0.0582 e. The molecule has 10 aromatic rings. The fourth-order valence-electron chi connectivity index (χ4n) is 9.21. The monoisotopic (exact) mass is 687 g/mol. The summed E-state index contributed by atoms with van der Waals surface area (Å²) in [6, 6.07) is 69.8. The van der Waals surface area contributed by atoms with Crippen LogP contribution in [0.2, 0.25) is 0 Å². The number of aromatic nitrogens is 1. The predicted octanol–water partition coefficient (Wildman–Crippen LogP) is 14.4. The first-order valence-electron chi connectivity index (χ1n) is 18.9. The van der Waals surface area contributed by atoms with Crippen LogP contribution in [0.4, 0.5) is 0 Å². The number of hydrogen-bond donors (Lipinski definition) is 0. The van der Waals surface area contributed by atoms with E-state index in [2.05, 4.69) is 206 Å². The molecule has 0 spiro atoms. The van der Waals surface area contributed by atoms with Gasteiger partial charge in [-0.05, 0) is 132 Å². The van der Waals surface area contributed by atoms with Gasteiger partial charge in [0.25, 0.3) is 0 Å². The first-order valence-corrected chi connectivity index (χ1v) is 18.9. The minimum Gasteiger partial charge on any atom is -0.309 e. The van der Waals surface area contributed by atoms with E-state index in [1.807, 2.05) is 0 Å². The highest BCUT2D eigenvalue weighted by atomic mass is 15.0. The predicted molar refractivity (Wildman–Crippen MR) is 230 cm³/mol. The first-order chi connectivity index (χ1) is 26.5. The summed E-state index contributed by atoms with van der Waals surface area (Å²) in [6.07, 6.45) is 0. The van der Waals surface area contributed by atoms with Crippen molar-refractivity contribution >= 4 is 43.4 Å². The number of rotatable bonds is 4. The normalized spacial score (nSPS) is 13.1. The highest BCUT2D eigenvalue weighted by Crippen LogP contribution is 2.50. The minimum absolute atomic E-state index is 0.208. The maximum absolute atomic E-state index is 2.53. The van der Waals surface area contributed by atoms with E-state index in [4.69, 9.17) is 0 Å². The van der Waals surface area contributed by atoms with Crippen LogP contribution in [0.25, 0.3) is 93.5 Å². The van der Waals surface area contributed by atoms with Gasteiger partial charge in [-0.25, -0.2) is 0 Å². The van der Waals surface area contributed by atoms with Crippen molar-refractivity contribution in [1.82, 2.24) is 4.57 Å². The molecule has 54 heavy (non-hydrogen) atoms. The Hall–Kier alpha value is -6.70. The molecule has 0 saturated heterocycles. The van der Waals surface area contributed by atoms with Gasteiger partial charge in [-0.15, -0.1) is 0 Å². The van der Waals surface area contributed by atoms with Crippen molar-refractivity contribution in [3.05, 3.63) is 199 Å². The second-order valence-electron chi connectivity index (χ2n) is 15.4. The van der Waals surface area contributed by atoms with Crippen molar-refractivity contribution in [3.8, 4) is 50.2 Å². The Kier molecular flexibility index (Phi) is 6.66. The maximum atomic E-state index is 2.53. The van der Waals surface area contributed by atoms with Gasteiger partial charge < -0.3 is 4.57 Å². The van der Waals surface area contributed by atoms with Crippen LogP contribution in [0, 0.1) is 0 Å². The Bertz CT molecular complexity index is 3110. The van der Waals surface area contributed by atoms with Gasteiger partial charge in [-0.2, -0.15) is 0 Å². The Morgan fingerprint density at radius 1 is 0.352 bits per heavy atom. The molecule has 1 aromatic heterocycles. The molecule has 0 unspecified atom stereocenters. The average Bonchev–Trinajstić information content (AvgIpc) is 3.56. The van der Waals surface area contributed by atoms with Crippen LogP contribution in [0.1, 0.15) is 25.0 Å². The molecule has 1 aliphatic heterocycles. The average molecular weight is 688 g/mol. The number of hydrogen-bond acceptors (Lipinski definition) is 0. The lowest BCUT2D eigenvalue weighted by Crippen LogP contribution is -2.26. The summed E-state index contributed by atoms with van der Waals surface area (Å²) in [7, 11) is 0. The van der Waals surface area contributed by atoms with E-state index in [-0.39, 0.29) is 5.41 Å². The molecule has 0 N–H and O–H groups in total. The van der Waals surface area contributed by atoms with Gasteiger partial charge in [-0.1, -0.05) is 147 Å². The summed E-state index contributed by atoms with van der Waals surface area (Å²) in [5.41, 5.74) is 16.2. The van der Waals surface area contributed by atoms with Crippen LogP contribution in [-0.2, 0) is 5.41 Å². The summed E-state index contributed by atoms with van der Waals surface area (Å²) in [6.45, 7) is 4.80. The zero-order valence-electron chi connectivity index (χ0n) is 30.3. The van der Waals surface area contributed by atoms with Crippen LogP contribution < -0.4 is 0 Å². The molecular formula is C53H37N. The van der Waals surface area contributed by atoms with Gasteiger partial charge in [0.1, 0.15) is 0 Å². The Balaban J connectivity index is 1.25. The van der Waals surface area contributed by atoms with E-state index >= 15 is 0 Å². The van der Waals surface area contributed by atoms with Crippen LogP contribution in [-0.4, -0.2) is 4.57 Å². The highest BCUT2D eigenvalue weighted by molar-refractivity contribution is 6.15. The van der Waals surface area contributed by atoms with Crippen molar-refractivity contribution in [3.63, 3.8) is 0 Å². The molecule has 2 heterocycles. The number of para-hydroxylation sites is 1. The second-order valence-corrected chi connectivity index (χ2v) is 15.4. The Morgan fingerprint density at radius 2 is 0.815 bits per heavy atom. The molecule has 11 rings (SSSR count). The van der Waals surface area contributed by atoms with E-state index in [1.54, 1.807) is 0 Å². The van der Waals surface area contributed by atoms with Crippen LogP contribution >= 0.6 is 0 Å². The standard InChI is InChI=1S/C53H37N/c1-53(2)48-23-13-14-24-51(48)54-50-26-25-40(44-29-38-21-11-9-19-36(38)27-42(44)34-15-5-3-6-16-34)31-46(50)47-32-41(33-49(53)52(47)54)45-30-39-22-12-10-20-37(39)28-43(45)35-17-7-4-8-18-35/h3-33H,1-2H3. The van der Waals surface area contributed by atoms with Crippen molar-refractivity contribution in [2.75, 3.05) is 0 Å². The largest absolute Gasteiger partial charge is 0.309 e. The summed E-state index contributed by atoms with van der Waals surface area (Å²) in [5, 5.41) is 7.56. The molecule has 1 aliphatic rings. The lowest BCUT2D eigenvalue weighted by molar-refractivity contribution is 0.630. The van der Waals surface area contributed by atoms with Crippen LogP contribution in [0.3, 0.4) is 0 Å². The van der Waals surface area contributed by atoms with Crippen LogP contribution in [0.15, 0.2) is 188 Å². The van der Waals surface area contributed by atoms with Gasteiger partial charge in [0, 0.05) is 16.2 Å². The molecule has 1 nitrogen and oxygen atoms in total. The molecule has 0 saturated carbocycles. The highest BCUT2D eigenvalue weighted by Gasteiger charge is 2.36. The van der Waals surface area contributed by atoms with E-state index in [0.717, 1.165) is 0 Å². The van der Waals surface area contributed by atoms with E-state index in [9.17, 15) is 0 Å². The lowest BCUT2D eigenvalue weighted by Gasteiger charge is -2.35. The SMILES string of the molecule is CC1(C)c2ccccc2-n2c3ccc(-c4cc5ccccc5cc4-c4ccccc4)cc3c3cc(-c4cc5ccccc5cc4-c4ccccc4)cc1c32. The van der Waals surface area contributed by atoms with Crippen molar-refractivity contribution in [1.29, 1.82) is 0 Å². The third-order valence-corrected chi connectivity index (χ3v) is 11.9. The summed E-state index contributed by atoms with van der Waals surface area (Å²) < 4.78 is 2.53. The molecule has 0 fully saturated rings. The van der Waals surface area contributed by atoms with Crippen molar-refractivity contribution < 1.29 is 0 Å². The minimum atomic E-state index is -0.208. The van der Waals surface area contributed by atoms with E-state index in [0.29, 0.717) is 0 Å². The zero-order chi connectivity index (χ0) is 36.0. The molecule has 0 bridgehead atoms. The van der Waals surface area contributed by atoms with E-state index in [1.165, 1.54) is 105 Å². The molecule has 0 amide bonds. The van der Waals surface area contributed by atoms with Crippen molar-refractivity contribution in [2.24, 2.45) is 0 Å². The molecule has 9 aromatic carbocycles. The lowest BCUT2D eigenvalue weighted by atomic mass is 9.73. The third-order valence-electron chi connectivity index (χ3n) is 11.9. The smallest absolute Gasteiger partial charge is 0.0582 e. The second kappa shape index (κ2) is 11.7. The number of nitrogens with zero attached hydrogens (tertiary/aromatic N) is 1. The summed E-state index contributed by atoms with van der Waals surface area (Å²) in [5.74, 6) is 0. The van der Waals surface area contributed by atoms with Crippen LogP contribution in [0.5, 0.6) is 0 Å². The summed E-state index contributed by atoms with van der Waals surface area (Å²) >= 11 is 0.